The number of amides is 2. The van der Waals surface area contributed by atoms with Gasteiger partial charge >= 0.3 is 6.03 Å². The molecule has 0 aliphatic carbocycles. The number of primary amides is 1. The minimum atomic E-state index is -3.63. The van der Waals surface area contributed by atoms with Crippen molar-refractivity contribution in [1.82, 2.24) is 9.99 Å². The van der Waals surface area contributed by atoms with E-state index in [0.29, 0.717) is 17.0 Å². The first-order valence-electron chi connectivity index (χ1n) is 9.65. The van der Waals surface area contributed by atoms with E-state index >= 15 is 0 Å². The molecule has 10 nitrogen and oxygen atoms in total. The summed E-state index contributed by atoms with van der Waals surface area (Å²) in [6.07, 6.45) is 3.31. The third-order valence-electron chi connectivity index (χ3n) is 4.74. The highest BCUT2D eigenvalue weighted by atomic mass is 32.2. The number of sulfonamides is 1. The number of aliphatic hydroxyl groups excluding tert-OH is 1. The minimum Gasteiger partial charge on any atom is -0.497 e. The summed E-state index contributed by atoms with van der Waals surface area (Å²) in [4.78, 5) is 10.8. The van der Waals surface area contributed by atoms with Gasteiger partial charge in [0, 0.05) is 22.7 Å². The number of nitrogens with two attached hydrogens (primary N) is 1. The zero-order chi connectivity index (χ0) is 23.3. The average Bonchev–Trinajstić information content (AvgIpc) is 3.08. The molecule has 0 fully saturated rings. The normalized spacial score (nSPS) is 12.7. The first-order valence-corrected chi connectivity index (χ1v) is 11.5. The number of hydrogen-bond acceptors (Lipinski definition) is 6. The van der Waals surface area contributed by atoms with Crippen LogP contribution in [0, 0.1) is 0 Å². The number of nitrogens with zero attached hydrogens (tertiary/aromatic N) is 3. The molecule has 1 atom stereocenters. The summed E-state index contributed by atoms with van der Waals surface area (Å²) in [6, 6.07) is 13.2. The number of para-hydroxylation sites is 1. The Morgan fingerprint density at radius 3 is 2.59 bits per heavy atom. The number of urea groups is 1. The maximum Gasteiger partial charge on any atom is 0.332 e. The lowest BCUT2D eigenvalue weighted by Gasteiger charge is -2.25. The Hall–Kier alpha value is -3.57. The van der Waals surface area contributed by atoms with Gasteiger partial charge in [-0.3, -0.25) is 4.31 Å². The lowest BCUT2D eigenvalue weighted by molar-refractivity contribution is 0.164. The molecule has 2 amide bonds. The van der Waals surface area contributed by atoms with E-state index in [1.165, 1.54) is 13.3 Å². The Morgan fingerprint density at radius 1 is 1.28 bits per heavy atom. The number of carbonyl (C=O) groups is 1. The van der Waals surface area contributed by atoms with Crippen molar-refractivity contribution >= 4 is 38.9 Å². The van der Waals surface area contributed by atoms with Gasteiger partial charge in [-0.15, -0.1) is 0 Å². The van der Waals surface area contributed by atoms with Crippen LogP contribution in [-0.4, -0.2) is 56.4 Å². The van der Waals surface area contributed by atoms with Crippen LogP contribution in [0.25, 0.3) is 10.9 Å². The molecule has 3 rings (SSSR count). The Balaban J connectivity index is 1.84. The minimum absolute atomic E-state index is 0.135. The van der Waals surface area contributed by atoms with Crippen molar-refractivity contribution in [3.63, 3.8) is 0 Å². The van der Waals surface area contributed by atoms with Gasteiger partial charge in [0.25, 0.3) is 0 Å². The summed E-state index contributed by atoms with van der Waals surface area (Å²) in [7, 11) is -2.11. The van der Waals surface area contributed by atoms with Gasteiger partial charge in [0.05, 0.1) is 44.5 Å². The molecule has 32 heavy (non-hydrogen) atoms. The fraction of sp³-hybridized carbons (Fsp3) is 0.238. The van der Waals surface area contributed by atoms with Crippen molar-refractivity contribution in [2.45, 2.75) is 12.6 Å². The van der Waals surface area contributed by atoms with Crippen molar-refractivity contribution in [3.8, 4) is 5.75 Å². The molecule has 2 aromatic carbocycles. The first kappa shape index (κ1) is 23.1. The lowest BCUT2D eigenvalue weighted by atomic mass is 10.2. The standard InChI is InChI=1S/C21H25N5O5S/c1-31-18-9-7-16(8-10-18)26(32(2,29)30)14-17(27)13-25-12-15(11-23-24-21(22)28)19-5-3-4-6-20(19)25/h3-12,17,27H,13-14H2,1-2H3,(H3,22,24,28)/b23-11-. The van der Waals surface area contributed by atoms with E-state index in [-0.39, 0.29) is 13.1 Å². The maximum absolute atomic E-state index is 12.4. The van der Waals surface area contributed by atoms with Crippen LogP contribution in [0.15, 0.2) is 59.8 Å². The van der Waals surface area contributed by atoms with Gasteiger partial charge in [-0.05, 0) is 30.3 Å². The third kappa shape index (κ3) is 5.56. The predicted octanol–water partition coefficient (Wildman–Crippen LogP) is 1.48. The van der Waals surface area contributed by atoms with E-state index in [9.17, 15) is 18.3 Å². The summed E-state index contributed by atoms with van der Waals surface area (Å²) >= 11 is 0. The monoisotopic (exact) mass is 459 g/mol. The number of hydrazone groups is 1. The maximum atomic E-state index is 12.4. The second-order valence-electron chi connectivity index (χ2n) is 7.13. The van der Waals surface area contributed by atoms with Crippen LogP contribution in [0.1, 0.15) is 5.56 Å². The second-order valence-corrected chi connectivity index (χ2v) is 9.04. The Morgan fingerprint density at radius 2 is 1.97 bits per heavy atom. The molecule has 3 aromatic rings. The van der Waals surface area contributed by atoms with Crippen molar-refractivity contribution in [2.24, 2.45) is 10.8 Å². The van der Waals surface area contributed by atoms with Gasteiger partial charge in [-0.25, -0.2) is 18.6 Å². The fourth-order valence-electron chi connectivity index (χ4n) is 3.35. The van der Waals surface area contributed by atoms with E-state index in [0.717, 1.165) is 21.5 Å². The Bertz CT molecular complexity index is 1220. The second kappa shape index (κ2) is 9.71. The molecule has 1 unspecified atom stereocenters. The molecule has 1 heterocycles. The molecule has 0 saturated carbocycles. The van der Waals surface area contributed by atoms with Crippen molar-refractivity contribution in [2.75, 3.05) is 24.2 Å². The SMILES string of the molecule is COc1ccc(N(CC(O)Cn2cc(/C=N\NC(N)=O)c3ccccc32)S(C)(=O)=O)cc1. The molecule has 0 radical (unpaired) electrons. The summed E-state index contributed by atoms with van der Waals surface area (Å²) in [5.41, 5.74) is 9.12. The number of nitrogens with one attached hydrogen (secondary N) is 1. The summed E-state index contributed by atoms with van der Waals surface area (Å²) < 4.78 is 32.8. The van der Waals surface area contributed by atoms with Gasteiger partial charge in [0.2, 0.25) is 10.0 Å². The summed E-state index contributed by atoms with van der Waals surface area (Å²) in [5, 5.41) is 15.4. The molecule has 0 aliphatic heterocycles. The molecular formula is C21H25N5O5S. The van der Waals surface area contributed by atoms with Crippen molar-refractivity contribution in [1.29, 1.82) is 0 Å². The largest absolute Gasteiger partial charge is 0.497 e. The van der Waals surface area contributed by atoms with Crippen LogP contribution in [-0.2, 0) is 16.6 Å². The third-order valence-corrected chi connectivity index (χ3v) is 5.90. The zero-order valence-electron chi connectivity index (χ0n) is 17.7. The van der Waals surface area contributed by atoms with Gasteiger partial charge in [0.15, 0.2) is 0 Å². The molecule has 0 bridgehead atoms. The van der Waals surface area contributed by atoms with Gasteiger partial charge in [0.1, 0.15) is 5.75 Å². The number of ether oxygens (including phenoxy) is 1. The van der Waals surface area contributed by atoms with Crippen LogP contribution in [0.5, 0.6) is 5.75 Å². The smallest absolute Gasteiger partial charge is 0.332 e. The number of fused-ring (bicyclic) bond motifs is 1. The number of carbonyl (C=O) groups excluding carboxylic acids is 1. The molecule has 1 aromatic heterocycles. The highest BCUT2D eigenvalue weighted by molar-refractivity contribution is 7.92. The van der Waals surface area contributed by atoms with Gasteiger partial charge in [-0.2, -0.15) is 5.10 Å². The van der Waals surface area contributed by atoms with E-state index in [1.54, 1.807) is 35.0 Å². The molecule has 170 valence electrons. The van der Waals surface area contributed by atoms with Crippen LogP contribution < -0.4 is 20.2 Å². The van der Waals surface area contributed by atoms with E-state index < -0.39 is 22.2 Å². The quantitative estimate of drug-likeness (QED) is 0.329. The van der Waals surface area contributed by atoms with Crippen molar-refractivity contribution in [3.05, 3.63) is 60.3 Å². The molecule has 0 aliphatic rings. The van der Waals surface area contributed by atoms with Crippen LogP contribution >= 0.6 is 0 Å². The molecule has 4 N–H and O–H groups in total. The highest BCUT2D eigenvalue weighted by Crippen LogP contribution is 2.23. The first-order chi connectivity index (χ1) is 15.2. The van der Waals surface area contributed by atoms with Crippen LogP contribution in [0.3, 0.4) is 0 Å². The number of benzene rings is 2. The van der Waals surface area contributed by atoms with Gasteiger partial charge in [-0.1, -0.05) is 18.2 Å². The number of methoxy groups -OCH3 is 1. The van der Waals surface area contributed by atoms with Crippen LogP contribution in [0.4, 0.5) is 10.5 Å². The number of anilines is 1. The average molecular weight is 460 g/mol. The number of hydrogen-bond donors (Lipinski definition) is 3. The van der Waals surface area contributed by atoms with E-state index in [4.69, 9.17) is 10.5 Å². The van der Waals surface area contributed by atoms with E-state index in [1.807, 2.05) is 24.3 Å². The zero-order valence-corrected chi connectivity index (χ0v) is 18.5. The fourth-order valence-corrected chi connectivity index (χ4v) is 4.30. The lowest BCUT2D eigenvalue weighted by Crippen LogP contribution is -2.38. The Kier molecular flexibility index (Phi) is 7.01. The number of aromatic nitrogens is 1. The molecule has 11 heteroatoms. The molecular weight excluding hydrogens is 434 g/mol. The topological polar surface area (TPSA) is 139 Å². The summed E-state index contributed by atoms with van der Waals surface area (Å²) in [5.74, 6) is 0.599. The number of rotatable bonds is 9. The van der Waals surface area contributed by atoms with Crippen LogP contribution in [0.2, 0.25) is 0 Å². The Labute approximate surface area is 185 Å². The summed E-state index contributed by atoms with van der Waals surface area (Å²) in [6.45, 7) is 0.00407. The molecule has 0 saturated heterocycles. The highest BCUT2D eigenvalue weighted by Gasteiger charge is 2.22. The van der Waals surface area contributed by atoms with Crippen molar-refractivity contribution < 1.29 is 23.1 Å². The predicted molar refractivity (Wildman–Crippen MR) is 123 cm³/mol. The van der Waals surface area contributed by atoms with Gasteiger partial charge < -0.3 is 20.1 Å². The van der Waals surface area contributed by atoms with E-state index in [2.05, 4.69) is 10.5 Å². The number of aliphatic hydroxyl groups is 1. The molecule has 0 spiro atoms.